The number of aromatic carboxylic acids is 1. The molecule has 0 saturated heterocycles. The fourth-order valence-electron chi connectivity index (χ4n) is 2.17. The first-order valence-electron chi connectivity index (χ1n) is 5.19. The third kappa shape index (κ3) is 1.71. The molecule has 0 unspecified atom stereocenters. The maximum atomic E-state index is 11.6. The van der Waals surface area contributed by atoms with Crippen molar-refractivity contribution in [3.8, 4) is 0 Å². The fourth-order valence-corrected chi connectivity index (χ4v) is 2.17. The third-order valence-electron chi connectivity index (χ3n) is 2.81. The maximum Gasteiger partial charge on any atom is 0.351 e. The molecule has 0 atom stereocenters. The zero-order valence-corrected chi connectivity index (χ0v) is 9.83. The summed E-state index contributed by atoms with van der Waals surface area (Å²) in [6.07, 6.45) is 0. The molecule has 2 aromatic rings. The lowest BCUT2D eigenvalue weighted by molar-refractivity contribution is 0.0692. The lowest BCUT2D eigenvalue weighted by Crippen LogP contribution is -2.16. The van der Waals surface area contributed by atoms with Crippen molar-refractivity contribution in [3.05, 3.63) is 44.8 Å². The van der Waals surface area contributed by atoms with Crippen LogP contribution in [-0.4, -0.2) is 11.1 Å². The van der Waals surface area contributed by atoms with E-state index in [1.54, 1.807) is 13.0 Å². The van der Waals surface area contributed by atoms with E-state index < -0.39 is 11.6 Å². The molecule has 1 N–H and O–H groups in total. The summed E-state index contributed by atoms with van der Waals surface area (Å²) in [7, 11) is 0. The Morgan fingerprint density at radius 1 is 1.24 bits per heavy atom. The van der Waals surface area contributed by atoms with E-state index in [-0.39, 0.29) is 5.56 Å². The molecular weight excluding hydrogens is 220 g/mol. The first-order chi connectivity index (χ1) is 7.91. The van der Waals surface area contributed by atoms with E-state index in [2.05, 4.69) is 0 Å². The Labute approximate surface area is 97.5 Å². The maximum absolute atomic E-state index is 11.6. The number of benzene rings is 1. The molecule has 0 fully saturated rings. The highest BCUT2D eigenvalue weighted by Gasteiger charge is 2.18. The number of carboxylic acids is 1. The highest BCUT2D eigenvalue weighted by molar-refractivity contribution is 5.96. The Hall–Kier alpha value is -2.10. The van der Waals surface area contributed by atoms with Gasteiger partial charge in [-0.2, -0.15) is 0 Å². The molecule has 17 heavy (non-hydrogen) atoms. The van der Waals surface area contributed by atoms with Gasteiger partial charge in [0.2, 0.25) is 0 Å². The molecule has 0 aliphatic heterocycles. The van der Waals surface area contributed by atoms with Gasteiger partial charge in [-0.05, 0) is 43.5 Å². The van der Waals surface area contributed by atoms with E-state index in [0.29, 0.717) is 16.5 Å². The van der Waals surface area contributed by atoms with Crippen LogP contribution in [0.4, 0.5) is 0 Å². The van der Waals surface area contributed by atoms with Gasteiger partial charge in [0.1, 0.15) is 11.1 Å². The molecule has 0 aliphatic carbocycles. The highest BCUT2D eigenvalue weighted by atomic mass is 16.4. The van der Waals surface area contributed by atoms with Gasteiger partial charge in [-0.15, -0.1) is 0 Å². The number of fused-ring (bicyclic) bond motifs is 1. The van der Waals surface area contributed by atoms with Crippen LogP contribution in [0, 0.1) is 20.8 Å². The summed E-state index contributed by atoms with van der Waals surface area (Å²) < 4.78 is 5.06. The van der Waals surface area contributed by atoms with Crippen molar-refractivity contribution in [2.24, 2.45) is 0 Å². The van der Waals surface area contributed by atoms with Crippen molar-refractivity contribution >= 4 is 16.9 Å². The summed E-state index contributed by atoms with van der Waals surface area (Å²) in [5, 5.41) is 9.69. The number of rotatable bonds is 1. The Morgan fingerprint density at radius 3 is 2.47 bits per heavy atom. The molecule has 0 aliphatic rings. The molecule has 1 aromatic heterocycles. The molecule has 4 nitrogen and oxygen atoms in total. The minimum Gasteiger partial charge on any atom is -0.477 e. The first-order valence-corrected chi connectivity index (χ1v) is 5.19. The van der Waals surface area contributed by atoms with Gasteiger partial charge in [0.15, 0.2) is 0 Å². The molecule has 4 heteroatoms. The normalized spacial score (nSPS) is 10.8. The van der Waals surface area contributed by atoms with Gasteiger partial charge in [0.05, 0.1) is 0 Å². The third-order valence-corrected chi connectivity index (χ3v) is 2.81. The number of hydrogen-bond donors (Lipinski definition) is 1. The topological polar surface area (TPSA) is 67.5 Å². The molecule has 0 amide bonds. The molecular formula is C13H12O4. The molecule has 2 rings (SSSR count). The van der Waals surface area contributed by atoms with Gasteiger partial charge in [0, 0.05) is 5.39 Å². The van der Waals surface area contributed by atoms with Crippen molar-refractivity contribution in [1.82, 2.24) is 0 Å². The summed E-state index contributed by atoms with van der Waals surface area (Å²) in [5.41, 5.74) is 1.69. The zero-order valence-electron chi connectivity index (χ0n) is 9.83. The minimum atomic E-state index is -1.25. The SMILES string of the molecule is Cc1cc(C)c2c(C)c(C(=O)O)c(=O)oc2c1. The lowest BCUT2D eigenvalue weighted by Gasteiger charge is -2.08. The largest absolute Gasteiger partial charge is 0.477 e. The predicted molar refractivity (Wildman–Crippen MR) is 63.7 cm³/mol. The van der Waals surface area contributed by atoms with Gasteiger partial charge in [-0.25, -0.2) is 9.59 Å². The van der Waals surface area contributed by atoms with Crippen LogP contribution in [0.2, 0.25) is 0 Å². The molecule has 0 bridgehead atoms. The van der Waals surface area contributed by atoms with Crippen molar-refractivity contribution in [1.29, 1.82) is 0 Å². The van der Waals surface area contributed by atoms with E-state index in [1.165, 1.54) is 0 Å². The van der Waals surface area contributed by atoms with Crippen LogP contribution >= 0.6 is 0 Å². The van der Waals surface area contributed by atoms with Crippen molar-refractivity contribution in [2.75, 3.05) is 0 Å². The summed E-state index contributed by atoms with van der Waals surface area (Å²) in [5.74, 6) is -1.25. The summed E-state index contributed by atoms with van der Waals surface area (Å²) in [6.45, 7) is 5.39. The number of carbonyl (C=O) groups is 1. The zero-order chi connectivity index (χ0) is 12.7. The Morgan fingerprint density at radius 2 is 1.88 bits per heavy atom. The van der Waals surface area contributed by atoms with Crippen molar-refractivity contribution < 1.29 is 14.3 Å². The molecule has 0 radical (unpaired) electrons. The number of aryl methyl sites for hydroxylation is 3. The van der Waals surface area contributed by atoms with Gasteiger partial charge in [0.25, 0.3) is 0 Å². The van der Waals surface area contributed by atoms with Crippen LogP contribution in [-0.2, 0) is 0 Å². The van der Waals surface area contributed by atoms with E-state index >= 15 is 0 Å². The second-order valence-corrected chi connectivity index (χ2v) is 4.15. The lowest BCUT2D eigenvalue weighted by atomic mass is 10.00. The van der Waals surface area contributed by atoms with Gasteiger partial charge in [-0.3, -0.25) is 0 Å². The number of hydrogen-bond acceptors (Lipinski definition) is 3. The van der Waals surface area contributed by atoms with Crippen molar-refractivity contribution in [3.63, 3.8) is 0 Å². The van der Waals surface area contributed by atoms with Gasteiger partial charge >= 0.3 is 11.6 Å². The summed E-state index contributed by atoms with van der Waals surface area (Å²) in [4.78, 5) is 22.6. The Bertz CT molecular complexity index is 680. The first kappa shape index (κ1) is 11.4. The van der Waals surface area contributed by atoms with Gasteiger partial charge in [-0.1, -0.05) is 6.07 Å². The molecule has 0 saturated carbocycles. The molecule has 1 heterocycles. The molecule has 1 aromatic carbocycles. The summed E-state index contributed by atoms with van der Waals surface area (Å²) in [6, 6.07) is 3.67. The highest BCUT2D eigenvalue weighted by Crippen LogP contribution is 2.24. The van der Waals surface area contributed by atoms with E-state index in [0.717, 1.165) is 11.1 Å². The number of carboxylic acid groups (broad SMARTS) is 1. The van der Waals surface area contributed by atoms with E-state index in [4.69, 9.17) is 9.52 Å². The monoisotopic (exact) mass is 232 g/mol. The fraction of sp³-hybridized carbons (Fsp3) is 0.231. The second kappa shape index (κ2) is 3.73. The second-order valence-electron chi connectivity index (χ2n) is 4.15. The molecule has 0 spiro atoms. The van der Waals surface area contributed by atoms with E-state index in [1.807, 2.05) is 19.9 Å². The van der Waals surface area contributed by atoms with Crippen molar-refractivity contribution in [2.45, 2.75) is 20.8 Å². The smallest absolute Gasteiger partial charge is 0.351 e. The minimum absolute atomic E-state index is 0.288. The van der Waals surface area contributed by atoms with Crippen LogP contribution in [0.3, 0.4) is 0 Å². The van der Waals surface area contributed by atoms with Crippen LogP contribution in [0.5, 0.6) is 0 Å². The molecule has 88 valence electrons. The average molecular weight is 232 g/mol. The predicted octanol–water partition coefficient (Wildman–Crippen LogP) is 2.42. The summed E-state index contributed by atoms with van der Waals surface area (Å²) >= 11 is 0. The average Bonchev–Trinajstić information content (AvgIpc) is 2.13. The Balaban J connectivity index is 3.03. The standard InChI is InChI=1S/C13H12O4/c1-6-4-7(2)10-8(3)11(12(14)15)13(16)17-9(10)5-6/h4-5H,1-3H3,(H,14,15). The van der Waals surface area contributed by atoms with E-state index in [9.17, 15) is 9.59 Å². The van der Waals surface area contributed by atoms with Crippen LogP contribution in [0.1, 0.15) is 27.0 Å². The van der Waals surface area contributed by atoms with Crippen LogP contribution < -0.4 is 5.63 Å². The van der Waals surface area contributed by atoms with Gasteiger partial charge < -0.3 is 9.52 Å². The quantitative estimate of drug-likeness (QED) is 0.766. The van der Waals surface area contributed by atoms with Crippen LogP contribution in [0.15, 0.2) is 21.3 Å². The Kier molecular flexibility index (Phi) is 2.50. The van der Waals surface area contributed by atoms with Crippen LogP contribution in [0.25, 0.3) is 11.0 Å².